The Balaban J connectivity index is 1.74. The monoisotopic (exact) mass is 319 g/mol. The molecule has 5 nitrogen and oxygen atoms in total. The van der Waals surface area contributed by atoms with Crippen molar-refractivity contribution in [2.75, 3.05) is 0 Å². The Morgan fingerprint density at radius 2 is 1.13 bits per heavy atom. The summed E-state index contributed by atoms with van der Waals surface area (Å²) in [6.07, 6.45) is 0. The molecule has 0 saturated carbocycles. The average Bonchev–Trinajstić information content (AvgIpc) is 2.61. The quantitative estimate of drug-likeness (QED) is 0.451. The van der Waals surface area contributed by atoms with Crippen LogP contribution in [-0.2, 0) is 0 Å². The fourth-order valence-electron chi connectivity index (χ4n) is 1.76. The van der Waals surface area contributed by atoms with Gasteiger partial charge < -0.3 is 0 Å². The fourth-order valence-corrected chi connectivity index (χ4v) is 1.90. The molecule has 2 aromatic carbocycles. The first kappa shape index (κ1) is 15.1. The van der Waals surface area contributed by atoms with E-state index in [0.717, 1.165) is 16.3 Å². The minimum Gasteiger partial charge on any atom is -0.206 e. The molecule has 0 aliphatic heterocycles. The summed E-state index contributed by atoms with van der Waals surface area (Å²) in [7, 11) is 0. The van der Waals surface area contributed by atoms with Crippen molar-refractivity contribution < 1.29 is 0 Å². The van der Waals surface area contributed by atoms with Crippen molar-refractivity contribution in [3.05, 3.63) is 72.8 Å². The molecule has 0 aliphatic rings. The van der Waals surface area contributed by atoms with Crippen LogP contribution in [0.2, 0.25) is 0 Å². The Bertz CT molecular complexity index is 829. The molecule has 0 radical (unpaired) electrons. The van der Waals surface area contributed by atoms with Crippen molar-refractivity contribution in [2.24, 2.45) is 20.5 Å². The number of azo groups is 2. The minimum absolute atomic E-state index is 0.476. The lowest BCUT2D eigenvalue weighted by Gasteiger charge is -1.95. The smallest absolute Gasteiger partial charge is 0.176 e. The van der Waals surface area contributed by atoms with Crippen LogP contribution in [0.4, 0.5) is 23.0 Å². The van der Waals surface area contributed by atoms with Crippen LogP contribution < -0.4 is 0 Å². The summed E-state index contributed by atoms with van der Waals surface area (Å²) in [6.45, 7) is 0. The maximum absolute atomic E-state index is 4.28. The summed E-state index contributed by atoms with van der Waals surface area (Å²) in [5.41, 5.74) is 1.51. The van der Waals surface area contributed by atoms with Gasteiger partial charge in [0.1, 0.15) is 0 Å². The minimum atomic E-state index is 0.476. The first-order valence-electron chi connectivity index (χ1n) is 6.94. The Kier molecular flexibility index (Phi) is 4.85. The Morgan fingerprint density at radius 3 is 1.74 bits per heavy atom. The van der Waals surface area contributed by atoms with Crippen LogP contribution in [-0.4, -0.2) is 4.98 Å². The number of hydrogen-bond donors (Lipinski definition) is 1. The van der Waals surface area contributed by atoms with Crippen LogP contribution in [0.3, 0.4) is 0 Å². The highest BCUT2D eigenvalue weighted by molar-refractivity contribution is 7.80. The number of aromatic nitrogens is 1. The molecule has 0 aliphatic carbocycles. The van der Waals surface area contributed by atoms with Gasteiger partial charge in [0.15, 0.2) is 11.6 Å². The standard InChI is InChI=1S/C17H13N5S/c23-15-11-9-14(10-12-15)20-22-17-8-4-7-16(18-17)21-19-13-5-2-1-3-6-13/h1-12,23H. The van der Waals surface area contributed by atoms with E-state index in [0.29, 0.717) is 11.6 Å². The van der Waals surface area contributed by atoms with E-state index in [1.54, 1.807) is 12.1 Å². The van der Waals surface area contributed by atoms with E-state index in [2.05, 4.69) is 38.1 Å². The van der Waals surface area contributed by atoms with Gasteiger partial charge in [-0.1, -0.05) is 24.3 Å². The van der Waals surface area contributed by atoms with E-state index in [1.165, 1.54) is 0 Å². The molecule has 0 N–H and O–H groups in total. The second kappa shape index (κ2) is 7.42. The second-order valence-electron chi connectivity index (χ2n) is 4.61. The summed E-state index contributed by atoms with van der Waals surface area (Å²) in [6, 6.07) is 22.2. The summed E-state index contributed by atoms with van der Waals surface area (Å²) >= 11 is 4.23. The molecule has 1 heterocycles. The molecule has 23 heavy (non-hydrogen) atoms. The van der Waals surface area contributed by atoms with Crippen LogP contribution in [0.15, 0.2) is 98.1 Å². The molecule has 0 saturated heterocycles. The molecule has 3 aromatic rings. The highest BCUT2D eigenvalue weighted by Crippen LogP contribution is 2.21. The number of benzene rings is 2. The Hall–Kier alpha value is -2.86. The van der Waals surface area contributed by atoms with Crippen LogP contribution in [0, 0.1) is 0 Å². The van der Waals surface area contributed by atoms with Crippen molar-refractivity contribution in [3.8, 4) is 0 Å². The molecule has 112 valence electrons. The third kappa shape index (κ3) is 4.55. The summed E-state index contributed by atoms with van der Waals surface area (Å²) < 4.78 is 0. The van der Waals surface area contributed by atoms with Crippen LogP contribution >= 0.6 is 12.6 Å². The first-order chi connectivity index (χ1) is 11.3. The number of hydrogen-bond acceptors (Lipinski definition) is 6. The lowest BCUT2D eigenvalue weighted by molar-refractivity contribution is 1.11. The van der Waals surface area contributed by atoms with Gasteiger partial charge in [0.25, 0.3) is 0 Å². The molecule has 0 spiro atoms. The van der Waals surface area contributed by atoms with Gasteiger partial charge in [-0.05, 0) is 48.5 Å². The Labute approximate surface area is 139 Å². The first-order valence-corrected chi connectivity index (χ1v) is 7.39. The number of thiol groups is 1. The maximum atomic E-state index is 4.28. The molecule has 0 unspecified atom stereocenters. The number of pyridine rings is 1. The van der Waals surface area contributed by atoms with E-state index in [9.17, 15) is 0 Å². The third-order valence-corrected chi connectivity index (χ3v) is 3.16. The third-order valence-electron chi connectivity index (χ3n) is 2.86. The SMILES string of the molecule is Sc1ccc(N=Nc2cccc(N=Nc3ccccc3)n2)cc1. The molecular formula is C17H13N5S. The van der Waals surface area contributed by atoms with Crippen LogP contribution in [0.25, 0.3) is 0 Å². The van der Waals surface area contributed by atoms with Gasteiger partial charge in [-0.15, -0.1) is 33.1 Å². The van der Waals surface area contributed by atoms with Gasteiger partial charge in [0.05, 0.1) is 11.4 Å². The predicted molar refractivity (Wildman–Crippen MR) is 92.7 cm³/mol. The van der Waals surface area contributed by atoms with E-state index in [-0.39, 0.29) is 0 Å². The second-order valence-corrected chi connectivity index (χ2v) is 5.12. The van der Waals surface area contributed by atoms with Gasteiger partial charge in [-0.3, -0.25) is 0 Å². The lowest BCUT2D eigenvalue weighted by Crippen LogP contribution is -1.73. The molecule has 6 heteroatoms. The van der Waals surface area contributed by atoms with Gasteiger partial charge in [-0.2, -0.15) is 0 Å². The van der Waals surface area contributed by atoms with E-state index < -0.39 is 0 Å². The van der Waals surface area contributed by atoms with E-state index >= 15 is 0 Å². The molecule has 0 atom stereocenters. The molecule has 3 rings (SSSR count). The zero-order valence-electron chi connectivity index (χ0n) is 12.1. The van der Waals surface area contributed by atoms with Crippen LogP contribution in [0.1, 0.15) is 0 Å². The zero-order chi connectivity index (χ0) is 15.9. The topological polar surface area (TPSA) is 62.3 Å². The van der Waals surface area contributed by atoms with E-state index in [4.69, 9.17) is 0 Å². The van der Waals surface area contributed by atoms with E-state index in [1.807, 2.05) is 60.7 Å². The van der Waals surface area contributed by atoms with Crippen molar-refractivity contribution in [1.29, 1.82) is 0 Å². The van der Waals surface area contributed by atoms with Gasteiger partial charge >= 0.3 is 0 Å². The lowest BCUT2D eigenvalue weighted by atomic mass is 10.3. The van der Waals surface area contributed by atoms with Crippen LogP contribution in [0.5, 0.6) is 0 Å². The number of rotatable bonds is 4. The highest BCUT2D eigenvalue weighted by Gasteiger charge is 1.96. The summed E-state index contributed by atoms with van der Waals surface area (Å²) in [5, 5.41) is 16.5. The van der Waals surface area contributed by atoms with Crippen molar-refractivity contribution >= 4 is 35.6 Å². The molecule has 0 fully saturated rings. The van der Waals surface area contributed by atoms with Gasteiger partial charge in [-0.25, -0.2) is 4.98 Å². The molecule has 1 aromatic heterocycles. The van der Waals surface area contributed by atoms with Crippen molar-refractivity contribution in [2.45, 2.75) is 4.90 Å². The number of nitrogens with zero attached hydrogens (tertiary/aromatic N) is 5. The van der Waals surface area contributed by atoms with Crippen molar-refractivity contribution in [3.63, 3.8) is 0 Å². The van der Waals surface area contributed by atoms with Gasteiger partial charge in [0, 0.05) is 4.90 Å². The highest BCUT2D eigenvalue weighted by atomic mass is 32.1. The molecule has 0 amide bonds. The van der Waals surface area contributed by atoms with Crippen molar-refractivity contribution in [1.82, 2.24) is 4.98 Å². The van der Waals surface area contributed by atoms with Gasteiger partial charge in [0.2, 0.25) is 0 Å². The largest absolute Gasteiger partial charge is 0.206 e. The summed E-state index contributed by atoms with van der Waals surface area (Å²) in [5.74, 6) is 0.959. The fraction of sp³-hybridized carbons (Fsp3) is 0. The Morgan fingerprint density at radius 1 is 0.565 bits per heavy atom. The summed E-state index contributed by atoms with van der Waals surface area (Å²) in [4.78, 5) is 5.16. The zero-order valence-corrected chi connectivity index (χ0v) is 13.0. The maximum Gasteiger partial charge on any atom is 0.176 e. The average molecular weight is 319 g/mol. The normalized spacial score (nSPS) is 11.3. The predicted octanol–water partition coefficient (Wildman–Crippen LogP) is 6.20. The molecular weight excluding hydrogens is 306 g/mol. The molecule has 0 bridgehead atoms.